The molecule has 0 spiro atoms. The summed E-state index contributed by atoms with van der Waals surface area (Å²) in [4.78, 5) is 4.44. The molecule has 0 radical (unpaired) electrons. The predicted molar refractivity (Wildman–Crippen MR) is 63.2 cm³/mol. The molecule has 1 saturated carbocycles. The zero-order valence-corrected chi connectivity index (χ0v) is 9.49. The van der Waals surface area contributed by atoms with Crippen LogP contribution in [0.2, 0.25) is 0 Å². The summed E-state index contributed by atoms with van der Waals surface area (Å²) in [5, 5.41) is 3.38. The van der Waals surface area contributed by atoms with Crippen LogP contribution in [-0.4, -0.2) is 11.5 Å². The van der Waals surface area contributed by atoms with Crippen molar-refractivity contribution < 1.29 is 4.42 Å². The Morgan fingerprint density at radius 2 is 2.31 bits per heavy atom. The summed E-state index contributed by atoms with van der Waals surface area (Å²) in [5.41, 5.74) is 3.05. The van der Waals surface area contributed by atoms with Gasteiger partial charge in [0.25, 0.3) is 0 Å². The van der Waals surface area contributed by atoms with E-state index in [1.165, 1.54) is 18.4 Å². The molecule has 3 heteroatoms. The molecule has 3 rings (SSSR count). The summed E-state index contributed by atoms with van der Waals surface area (Å²) >= 11 is 0. The van der Waals surface area contributed by atoms with Gasteiger partial charge in [-0.05, 0) is 49.9 Å². The number of nitrogens with one attached hydrogen (secondary N) is 1. The van der Waals surface area contributed by atoms with Crippen molar-refractivity contribution in [2.24, 2.45) is 5.92 Å². The lowest BCUT2D eigenvalue weighted by atomic mass is 10.2. The van der Waals surface area contributed by atoms with Crippen molar-refractivity contribution >= 4 is 11.1 Å². The molecule has 16 heavy (non-hydrogen) atoms. The van der Waals surface area contributed by atoms with Crippen LogP contribution in [0.1, 0.15) is 24.3 Å². The Bertz CT molecular complexity index is 500. The molecule has 0 atom stereocenters. The Hall–Kier alpha value is -1.35. The van der Waals surface area contributed by atoms with E-state index in [4.69, 9.17) is 4.42 Å². The SMILES string of the molecule is Cc1ccc2nc(CNCC3CC3)oc2c1. The van der Waals surface area contributed by atoms with Crippen molar-refractivity contribution in [3.63, 3.8) is 0 Å². The topological polar surface area (TPSA) is 38.1 Å². The fraction of sp³-hybridized carbons (Fsp3) is 0.462. The molecule has 84 valence electrons. The summed E-state index contributed by atoms with van der Waals surface area (Å²) in [5.74, 6) is 1.69. The van der Waals surface area contributed by atoms with E-state index in [2.05, 4.69) is 23.3 Å². The van der Waals surface area contributed by atoms with E-state index in [1.54, 1.807) is 0 Å². The number of fused-ring (bicyclic) bond motifs is 1. The van der Waals surface area contributed by atoms with Crippen LogP contribution >= 0.6 is 0 Å². The Balaban J connectivity index is 1.71. The summed E-state index contributed by atoms with van der Waals surface area (Å²) in [6, 6.07) is 6.11. The van der Waals surface area contributed by atoms with Crippen molar-refractivity contribution in [1.29, 1.82) is 0 Å². The van der Waals surface area contributed by atoms with Crippen LogP contribution in [0.15, 0.2) is 22.6 Å². The van der Waals surface area contributed by atoms with Gasteiger partial charge in [0.2, 0.25) is 5.89 Å². The normalized spacial score (nSPS) is 15.8. The van der Waals surface area contributed by atoms with Crippen LogP contribution < -0.4 is 5.32 Å². The van der Waals surface area contributed by atoms with E-state index in [0.29, 0.717) is 0 Å². The first kappa shape index (κ1) is 9.85. The number of nitrogens with zero attached hydrogens (tertiary/aromatic N) is 1. The van der Waals surface area contributed by atoms with Crippen LogP contribution in [0.4, 0.5) is 0 Å². The second kappa shape index (κ2) is 3.91. The average Bonchev–Trinajstić information content (AvgIpc) is 2.98. The molecule has 0 bridgehead atoms. The maximum Gasteiger partial charge on any atom is 0.209 e. The molecule has 1 fully saturated rings. The monoisotopic (exact) mass is 216 g/mol. The standard InChI is InChI=1S/C13H16N2O/c1-9-2-5-11-12(6-9)16-13(15-11)8-14-7-10-3-4-10/h2,5-6,10,14H,3-4,7-8H2,1H3. The van der Waals surface area contributed by atoms with E-state index >= 15 is 0 Å². The van der Waals surface area contributed by atoms with Gasteiger partial charge in [-0.25, -0.2) is 4.98 Å². The zero-order valence-electron chi connectivity index (χ0n) is 9.49. The van der Waals surface area contributed by atoms with Gasteiger partial charge in [0.05, 0.1) is 6.54 Å². The van der Waals surface area contributed by atoms with Crippen molar-refractivity contribution in [2.45, 2.75) is 26.3 Å². The summed E-state index contributed by atoms with van der Waals surface area (Å²) < 4.78 is 5.68. The van der Waals surface area contributed by atoms with Crippen molar-refractivity contribution in [2.75, 3.05) is 6.54 Å². The zero-order chi connectivity index (χ0) is 11.0. The molecule has 0 unspecified atom stereocenters. The lowest BCUT2D eigenvalue weighted by Crippen LogP contribution is -2.16. The highest BCUT2D eigenvalue weighted by molar-refractivity contribution is 5.73. The summed E-state index contributed by atoms with van der Waals surface area (Å²) in [6.45, 7) is 3.90. The second-order valence-corrected chi connectivity index (χ2v) is 4.65. The molecule has 1 aliphatic carbocycles. The molecular weight excluding hydrogens is 200 g/mol. The van der Waals surface area contributed by atoms with Crippen molar-refractivity contribution in [3.8, 4) is 0 Å². The van der Waals surface area contributed by atoms with Gasteiger partial charge in [-0.2, -0.15) is 0 Å². The fourth-order valence-electron chi connectivity index (χ4n) is 1.86. The van der Waals surface area contributed by atoms with Crippen LogP contribution in [0.3, 0.4) is 0 Å². The smallest absolute Gasteiger partial charge is 0.209 e. The third-order valence-electron chi connectivity index (χ3n) is 2.99. The van der Waals surface area contributed by atoms with Crippen LogP contribution in [0.25, 0.3) is 11.1 Å². The highest BCUT2D eigenvalue weighted by Crippen LogP contribution is 2.27. The van der Waals surface area contributed by atoms with Gasteiger partial charge < -0.3 is 9.73 Å². The number of rotatable bonds is 4. The highest BCUT2D eigenvalue weighted by Gasteiger charge is 2.20. The maximum absolute atomic E-state index is 5.68. The van der Waals surface area contributed by atoms with Gasteiger partial charge in [-0.1, -0.05) is 6.07 Å². The van der Waals surface area contributed by atoms with Crippen molar-refractivity contribution in [3.05, 3.63) is 29.7 Å². The van der Waals surface area contributed by atoms with E-state index in [-0.39, 0.29) is 0 Å². The summed E-state index contributed by atoms with van der Waals surface area (Å²) in [7, 11) is 0. The third-order valence-corrected chi connectivity index (χ3v) is 2.99. The van der Waals surface area contributed by atoms with Crippen LogP contribution in [0, 0.1) is 12.8 Å². The van der Waals surface area contributed by atoms with Crippen molar-refractivity contribution in [1.82, 2.24) is 10.3 Å². The number of aromatic nitrogens is 1. The molecule has 1 aliphatic rings. The molecule has 2 aromatic rings. The number of aryl methyl sites for hydroxylation is 1. The first-order chi connectivity index (χ1) is 7.81. The molecule has 1 aromatic heterocycles. The third kappa shape index (κ3) is 2.09. The molecule has 1 N–H and O–H groups in total. The predicted octanol–water partition coefficient (Wildman–Crippen LogP) is 2.64. The minimum Gasteiger partial charge on any atom is -0.439 e. The highest BCUT2D eigenvalue weighted by atomic mass is 16.3. The minimum absolute atomic E-state index is 0.740. The number of oxazole rings is 1. The maximum atomic E-state index is 5.68. The molecule has 0 aliphatic heterocycles. The van der Waals surface area contributed by atoms with Crippen LogP contribution in [0.5, 0.6) is 0 Å². The van der Waals surface area contributed by atoms with Gasteiger partial charge in [0, 0.05) is 0 Å². The Labute approximate surface area is 94.9 Å². The number of hydrogen-bond acceptors (Lipinski definition) is 3. The first-order valence-corrected chi connectivity index (χ1v) is 5.88. The Morgan fingerprint density at radius 3 is 3.12 bits per heavy atom. The van der Waals surface area contributed by atoms with Crippen LogP contribution in [-0.2, 0) is 6.54 Å². The fourth-order valence-corrected chi connectivity index (χ4v) is 1.86. The molecular formula is C13H16N2O. The van der Waals surface area contributed by atoms with E-state index in [9.17, 15) is 0 Å². The van der Waals surface area contributed by atoms with Gasteiger partial charge in [-0.3, -0.25) is 0 Å². The van der Waals surface area contributed by atoms with E-state index in [0.717, 1.165) is 36.0 Å². The average molecular weight is 216 g/mol. The summed E-state index contributed by atoms with van der Waals surface area (Å²) in [6.07, 6.45) is 2.75. The lowest BCUT2D eigenvalue weighted by Gasteiger charge is -1.97. The second-order valence-electron chi connectivity index (χ2n) is 4.65. The van der Waals surface area contributed by atoms with Gasteiger partial charge in [0.1, 0.15) is 5.52 Å². The quantitative estimate of drug-likeness (QED) is 0.853. The van der Waals surface area contributed by atoms with E-state index < -0.39 is 0 Å². The molecule has 1 aromatic carbocycles. The minimum atomic E-state index is 0.740. The largest absolute Gasteiger partial charge is 0.439 e. The van der Waals surface area contributed by atoms with Gasteiger partial charge >= 0.3 is 0 Å². The number of hydrogen-bond donors (Lipinski definition) is 1. The first-order valence-electron chi connectivity index (χ1n) is 5.88. The molecule has 0 amide bonds. The van der Waals surface area contributed by atoms with Gasteiger partial charge in [-0.15, -0.1) is 0 Å². The Kier molecular flexibility index (Phi) is 2.40. The Morgan fingerprint density at radius 1 is 1.44 bits per heavy atom. The molecule has 0 saturated heterocycles. The number of benzene rings is 1. The lowest BCUT2D eigenvalue weighted by molar-refractivity contribution is 0.489. The molecule has 1 heterocycles. The van der Waals surface area contributed by atoms with E-state index in [1.807, 2.05) is 12.1 Å². The molecule has 3 nitrogen and oxygen atoms in total. The van der Waals surface area contributed by atoms with Gasteiger partial charge in [0.15, 0.2) is 5.58 Å².